The maximum Gasteiger partial charge on any atom is 0.0771 e. The highest BCUT2D eigenvalue weighted by molar-refractivity contribution is 5.14. The normalized spacial score (nSPS) is 20.2. The van der Waals surface area contributed by atoms with Crippen molar-refractivity contribution in [2.75, 3.05) is 6.54 Å². The van der Waals surface area contributed by atoms with Crippen LogP contribution in [0, 0.1) is 5.92 Å². The molecule has 0 aromatic carbocycles. The Morgan fingerprint density at radius 3 is 2.67 bits per heavy atom. The predicted octanol–water partition coefficient (Wildman–Crippen LogP) is 2.67. The highest BCUT2D eigenvalue weighted by Crippen LogP contribution is 2.30. The molecule has 2 N–H and O–H groups in total. The van der Waals surface area contributed by atoms with Crippen LogP contribution in [0.5, 0.6) is 0 Å². The number of hydrogen-bond acceptors (Lipinski definition) is 3. The minimum atomic E-state index is -0.491. The number of hydrogen-bond donors (Lipinski definition) is 2. The fourth-order valence-corrected chi connectivity index (χ4v) is 2.81. The summed E-state index contributed by atoms with van der Waals surface area (Å²) in [6, 6.07) is 4.34. The van der Waals surface area contributed by atoms with Crippen molar-refractivity contribution in [2.24, 2.45) is 5.92 Å². The summed E-state index contributed by atoms with van der Waals surface area (Å²) in [4.78, 5) is 4.18. The summed E-state index contributed by atoms with van der Waals surface area (Å²) in [7, 11) is 0. The van der Waals surface area contributed by atoms with Crippen LogP contribution in [-0.2, 0) is 0 Å². The van der Waals surface area contributed by atoms with Gasteiger partial charge in [-0.2, -0.15) is 0 Å². The number of pyridine rings is 1. The van der Waals surface area contributed by atoms with Gasteiger partial charge in [0.2, 0.25) is 0 Å². The van der Waals surface area contributed by atoms with Crippen LogP contribution in [0.15, 0.2) is 24.5 Å². The van der Waals surface area contributed by atoms with Crippen molar-refractivity contribution in [3.8, 4) is 0 Å². The van der Waals surface area contributed by atoms with E-state index in [4.69, 9.17) is 0 Å². The third-order valence-electron chi connectivity index (χ3n) is 3.90. The van der Waals surface area contributed by atoms with E-state index in [9.17, 15) is 5.11 Å². The maximum absolute atomic E-state index is 10.4. The summed E-state index contributed by atoms with van der Waals surface area (Å²) in [6.45, 7) is 5.08. The van der Waals surface area contributed by atoms with E-state index in [0.717, 1.165) is 25.7 Å². The highest BCUT2D eigenvalue weighted by Gasteiger charge is 2.31. The Balaban J connectivity index is 1.99. The molecule has 1 fully saturated rings. The van der Waals surface area contributed by atoms with Gasteiger partial charge in [0.25, 0.3) is 0 Å². The molecule has 0 bridgehead atoms. The molecule has 0 spiro atoms. The van der Waals surface area contributed by atoms with Crippen LogP contribution < -0.4 is 5.32 Å². The lowest BCUT2D eigenvalue weighted by molar-refractivity contribution is 0.0431. The van der Waals surface area contributed by atoms with Crippen molar-refractivity contribution >= 4 is 0 Å². The fourth-order valence-electron chi connectivity index (χ4n) is 2.81. The predicted molar refractivity (Wildman–Crippen MR) is 73.2 cm³/mol. The smallest absolute Gasteiger partial charge is 0.0771 e. The van der Waals surface area contributed by atoms with Crippen molar-refractivity contribution in [3.05, 3.63) is 30.1 Å². The molecule has 0 saturated heterocycles. The lowest BCUT2D eigenvalue weighted by atomic mass is 9.95. The molecule has 18 heavy (non-hydrogen) atoms. The second-order valence-corrected chi connectivity index (χ2v) is 5.82. The summed E-state index contributed by atoms with van der Waals surface area (Å²) < 4.78 is 0. The maximum atomic E-state index is 10.4. The molecule has 2 rings (SSSR count). The fraction of sp³-hybridized carbons (Fsp3) is 0.667. The molecule has 0 amide bonds. The largest absolute Gasteiger partial charge is 0.389 e. The van der Waals surface area contributed by atoms with Crippen LogP contribution in [-0.4, -0.2) is 22.2 Å². The minimum absolute atomic E-state index is 0.267. The third-order valence-corrected chi connectivity index (χ3v) is 3.90. The van der Waals surface area contributed by atoms with Crippen molar-refractivity contribution in [1.29, 1.82) is 0 Å². The van der Waals surface area contributed by atoms with E-state index in [1.165, 1.54) is 5.56 Å². The second-order valence-electron chi connectivity index (χ2n) is 5.82. The molecule has 1 saturated carbocycles. The monoisotopic (exact) mass is 248 g/mol. The van der Waals surface area contributed by atoms with E-state index in [1.807, 2.05) is 12.3 Å². The van der Waals surface area contributed by atoms with Gasteiger partial charge >= 0.3 is 0 Å². The van der Waals surface area contributed by atoms with E-state index in [1.54, 1.807) is 6.20 Å². The van der Waals surface area contributed by atoms with E-state index < -0.39 is 5.60 Å². The van der Waals surface area contributed by atoms with Gasteiger partial charge in [-0.3, -0.25) is 4.98 Å². The van der Waals surface area contributed by atoms with Gasteiger partial charge in [-0.1, -0.05) is 32.8 Å². The van der Waals surface area contributed by atoms with Crippen LogP contribution >= 0.6 is 0 Å². The lowest BCUT2D eigenvalue weighted by Gasteiger charge is -2.29. The van der Waals surface area contributed by atoms with Crippen molar-refractivity contribution < 1.29 is 5.11 Å². The molecule has 3 heteroatoms. The first-order valence-electron chi connectivity index (χ1n) is 6.96. The van der Waals surface area contributed by atoms with Crippen molar-refractivity contribution in [3.63, 3.8) is 0 Å². The number of nitrogens with one attached hydrogen (secondary N) is 1. The van der Waals surface area contributed by atoms with Crippen LogP contribution in [0.2, 0.25) is 0 Å². The Morgan fingerprint density at radius 1 is 1.39 bits per heavy atom. The van der Waals surface area contributed by atoms with Crippen molar-refractivity contribution in [2.45, 2.75) is 51.2 Å². The van der Waals surface area contributed by atoms with Crippen LogP contribution in [0.3, 0.4) is 0 Å². The molecule has 1 aliphatic rings. The quantitative estimate of drug-likeness (QED) is 0.842. The van der Waals surface area contributed by atoms with Crippen LogP contribution in [0.1, 0.15) is 51.1 Å². The number of nitrogens with zero attached hydrogens (tertiary/aromatic N) is 1. The van der Waals surface area contributed by atoms with Gasteiger partial charge in [0.15, 0.2) is 0 Å². The molecule has 3 nitrogen and oxygen atoms in total. The number of rotatable bonds is 5. The SMILES string of the molecule is CC(C)C(NCC1(O)CCCC1)c1cccnc1. The molecule has 1 aliphatic carbocycles. The molecule has 100 valence electrons. The Labute approximate surface area is 110 Å². The van der Waals surface area contributed by atoms with E-state index in [0.29, 0.717) is 12.5 Å². The average molecular weight is 248 g/mol. The molecule has 1 heterocycles. The van der Waals surface area contributed by atoms with Gasteiger partial charge in [0.05, 0.1) is 5.60 Å². The molecular weight excluding hydrogens is 224 g/mol. The molecule has 1 aromatic heterocycles. The molecule has 1 aromatic rings. The first kappa shape index (κ1) is 13.5. The Hall–Kier alpha value is -0.930. The molecule has 0 aliphatic heterocycles. The van der Waals surface area contributed by atoms with E-state index in [2.05, 4.69) is 30.2 Å². The zero-order valence-corrected chi connectivity index (χ0v) is 11.4. The summed E-state index contributed by atoms with van der Waals surface area (Å²) in [6.07, 6.45) is 7.87. The summed E-state index contributed by atoms with van der Waals surface area (Å²) in [5, 5.41) is 13.9. The Bertz CT molecular complexity index is 358. The number of aliphatic hydroxyl groups is 1. The highest BCUT2D eigenvalue weighted by atomic mass is 16.3. The topological polar surface area (TPSA) is 45.1 Å². The first-order chi connectivity index (χ1) is 8.61. The third kappa shape index (κ3) is 3.30. The van der Waals surface area contributed by atoms with Gasteiger partial charge in [-0.05, 0) is 30.4 Å². The van der Waals surface area contributed by atoms with E-state index >= 15 is 0 Å². The van der Waals surface area contributed by atoms with Gasteiger partial charge < -0.3 is 10.4 Å². The lowest BCUT2D eigenvalue weighted by Crippen LogP contribution is -2.40. The van der Waals surface area contributed by atoms with Gasteiger partial charge in [0, 0.05) is 25.0 Å². The molecule has 0 radical (unpaired) electrons. The van der Waals surface area contributed by atoms with E-state index in [-0.39, 0.29) is 6.04 Å². The second kappa shape index (κ2) is 5.81. The van der Waals surface area contributed by atoms with Gasteiger partial charge in [-0.15, -0.1) is 0 Å². The number of aromatic nitrogens is 1. The van der Waals surface area contributed by atoms with Crippen LogP contribution in [0.25, 0.3) is 0 Å². The van der Waals surface area contributed by atoms with Crippen LogP contribution in [0.4, 0.5) is 0 Å². The molecular formula is C15H24N2O. The first-order valence-corrected chi connectivity index (χ1v) is 6.96. The summed E-state index contributed by atoms with van der Waals surface area (Å²) in [5.41, 5.74) is 0.712. The zero-order chi connectivity index (χ0) is 13.0. The Kier molecular flexibility index (Phi) is 4.36. The summed E-state index contributed by atoms with van der Waals surface area (Å²) >= 11 is 0. The van der Waals surface area contributed by atoms with Gasteiger partial charge in [-0.25, -0.2) is 0 Å². The summed E-state index contributed by atoms with van der Waals surface area (Å²) in [5.74, 6) is 0.485. The molecule has 1 atom stereocenters. The minimum Gasteiger partial charge on any atom is -0.389 e. The average Bonchev–Trinajstić information content (AvgIpc) is 2.78. The Morgan fingerprint density at radius 2 is 2.11 bits per heavy atom. The van der Waals surface area contributed by atoms with Gasteiger partial charge in [0.1, 0.15) is 0 Å². The standard InChI is InChI=1S/C15H24N2O/c1-12(2)14(13-6-5-9-16-10-13)17-11-15(18)7-3-4-8-15/h5-6,9-10,12,14,17-18H,3-4,7-8,11H2,1-2H3. The van der Waals surface area contributed by atoms with Crippen molar-refractivity contribution in [1.82, 2.24) is 10.3 Å². The zero-order valence-electron chi connectivity index (χ0n) is 11.4. The molecule has 1 unspecified atom stereocenters.